The number of ketones is 1. The quantitative estimate of drug-likeness (QED) is 0.632. The Morgan fingerprint density at radius 1 is 0.889 bits per heavy atom. The summed E-state index contributed by atoms with van der Waals surface area (Å²) in [6.07, 6.45) is 15.9. The fourth-order valence-electron chi connectivity index (χ4n) is 3.75. The Kier molecular flexibility index (Phi) is 5.46. The molecule has 0 radical (unpaired) electrons. The zero-order valence-corrected chi connectivity index (χ0v) is 11.7. The molecule has 0 spiro atoms. The minimum Gasteiger partial charge on any atom is -0.300 e. The number of Topliss-reactive ketones (excluding diaryl/α,β-unsaturated/α-hetero) is 1. The van der Waals surface area contributed by atoms with E-state index in [-0.39, 0.29) is 0 Å². The average molecular weight is 248 g/mol. The van der Waals surface area contributed by atoms with E-state index in [9.17, 15) is 4.79 Å². The summed E-state index contributed by atoms with van der Waals surface area (Å²) in [5, 5.41) is 0. The molecular formula is C17H28O. The zero-order chi connectivity index (χ0) is 12.8. The number of carbonyl (C=O) groups is 1. The molecule has 102 valence electrons. The molecule has 18 heavy (non-hydrogen) atoms. The van der Waals surface area contributed by atoms with Gasteiger partial charge in [0.2, 0.25) is 0 Å². The van der Waals surface area contributed by atoms with Crippen molar-refractivity contribution in [1.82, 2.24) is 0 Å². The Hall–Kier alpha value is -0.590. The molecule has 0 bridgehead atoms. The molecule has 0 N–H and O–H groups in total. The van der Waals surface area contributed by atoms with Gasteiger partial charge in [-0.3, -0.25) is 4.79 Å². The van der Waals surface area contributed by atoms with Crippen LogP contribution in [0.1, 0.15) is 70.6 Å². The van der Waals surface area contributed by atoms with Crippen LogP contribution in [0.2, 0.25) is 0 Å². The summed E-state index contributed by atoms with van der Waals surface area (Å²) in [4.78, 5) is 11.2. The number of allylic oxidation sites excluding steroid dienone is 1. The predicted molar refractivity (Wildman–Crippen MR) is 76.5 cm³/mol. The molecule has 0 amide bonds. The molecule has 1 nitrogen and oxygen atoms in total. The van der Waals surface area contributed by atoms with Crippen molar-refractivity contribution in [1.29, 1.82) is 0 Å². The van der Waals surface area contributed by atoms with E-state index in [2.05, 4.69) is 12.7 Å². The van der Waals surface area contributed by atoms with Gasteiger partial charge in [-0.25, -0.2) is 0 Å². The van der Waals surface area contributed by atoms with Crippen LogP contribution in [0.5, 0.6) is 0 Å². The molecule has 0 aliphatic heterocycles. The van der Waals surface area contributed by atoms with E-state index in [1.807, 2.05) is 0 Å². The summed E-state index contributed by atoms with van der Waals surface area (Å²) in [5.41, 5.74) is 0. The largest absolute Gasteiger partial charge is 0.300 e. The van der Waals surface area contributed by atoms with Crippen LogP contribution in [-0.4, -0.2) is 5.78 Å². The first-order valence-electron chi connectivity index (χ1n) is 7.90. The van der Waals surface area contributed by atoms with Gasteiger partial charge in [0.1, 0.15) is 5.78 Å². The highest BCUT2D eigenvalue weighted by atomic mass is 16.1. The van der Waals surface area contributed by atoms with Crippen molar-refractivity contribution in [2.75, 3.05) is 0 Å². The van der Waals surface area contributed by atoms with Gasteiger partial charge in [-0.2, -0.15) is 0 Å². The van der Waals surface area contributed by atoms with Gasteiger partial charge in [-0.15, -0.1) is 6.58 Å². The lowest BCUT2D eigenvalue weighted by Crippen LogP contribution is -2.17. The first-order valence-corrected chi connectivity index (χ1v) is 7.90. The minimum absolute atomic E-state index is 0.496. The Morgan fingerprint density at radius 2 is 1.39 bits per heavy atom. The van der Waals surface area contributed by atoms with E-state index in [0.717, 1.165) is 30.6 Å². The van der Waals surface area contributed by atoms with Crippen molar-refractivity contribution < 1.29 is 4.79 Å². The summed E-state index contributed by atoms with van der Waals surface area (Å²) in [5.74, 6) is 3.25. The van der Waals surface area contributed by atoms with Gasteiger partial charge >= 0.3 is 0 Å². The van der Waals surface area contributed by atoms with E-state index in [1.165, 1.54) is 57.8 Å². The minimum atomic E-state index is 0.496. The lowest BCUT2D eigenvalue weighted by atomic mass is 9.76. The standard InChI is InChI=1S/C17H28O/c1-2-3-14-4-6-15(7-5-14)8-9-16-10-12-17(18)13-11-16/h2,14-16H,1,3-13H2. The SMILES string of the molecule is C=CCC1CCC(CCC2CCC(=O)CC2)CC1. The number of hydrogen-bond donors (Lipinski definition) is 0. The number of rotatable bonds is 5. The van der Waals surface area contributed by atoms with Crippen LogP contribution in [0.3, 0.4) is 0 Å². The van der Waals surface area contributed by atoms with Crippen molar-refractivity contribution in [2.45, 2.75) is 70.6 Å². The maximum Gasteiger partial charge on any atom is 0.132 e. The maximum absolute atomic E-state index is 11.2. The van der Waals surface area contributed by atoms with Gasteiger partial charge < -0.3 is 0 Å². The van der Waals surface area contributed by atoms with Crippen molar-refractivity contribution >= 4 is 5.78 Å². The van der Waals surface area contributed by atoms with Gasteiger partial charge in [0.15, 0.2) is 0 Å². The Bertz CT molecular complexity index is 263. The van der Waals surface area contributed by atoms with E-state index in [0.29, 0.717) is 5.78 Å². The Morgan fingerprint density at radius 3 is 1.94 bits per heavy atom. The van der Waals surface area contributed by atoms with Gasteiger partial charge in [0, 0.05) is 12.8 Å². The second kappa shape index (κ2) is 7.11. The molecule has 2 rings (SSSR count). The van der Waals surface area contributed by atoms with Crippen LogP contribution in [0.4, 0.5) is 0 Å². The second-order valence-electron chi connectivity index (χ2n) is 6.47. The van der Waals surface area contributed by atoms with Crippen LogP contribution in [0, 0.1) is 17.8 Å². The third-order valence-electron chi connectivity index (χ3n) is 5.11. The third-order valence-corrected chi connectivity index (χ3v) is 5.11. The van der Waals surface area contributed by atoms with Gasteiger partial charge in [0.05, 0.1) is 0 Å². The highest BCUT2D eigenvalue weighted by Gasteiger charge is 2.23. The van der Waals surface area contributed by atoms with Crippen molar-refractivity contribution in [3.63, 3.8) is 0 Å². The van der Waals surface area contributed by atoms with E-state index >= 15 is 0 Å². The molecule has 2 aliphatic rings. The van der Waals surface area contributed by atoms with E-state index < -0.39 is 0 Å². The average Bonchev–Trinajstić information content (AvgIpc) is 2.40. The van der Waals surface area contributed by atoms with Crippen molar-refractivity contribution in [2.24, 2.45) is 17.8 Å². The normalized spacial score (nSPS) is 30.3. The topological polar surface area (TPSA) is 17.1 Å². The molecule has 0 unspecified atom stereocenters. The summed E-state index contributed by atoms with van der Waals surface area (Å²) in [7, 11) is 0. The number of carbonyl (C=O) groups excluding carboxylic acids is 1. The molecule has 1 heteroatoms. The van der Waals surface area contributed by atoms with Crippen LogP contribution in [-0.2, 0) is 4.79 Å². The van der Waals surface area contributed by atoms with Crippen LogP contribution in [0.25, 0.3) is 0 Å². The lowest BCUT2D eigenvalue weighted by Gasteiger charge is -2.29. The first-order chi connectivity index (χ1) is 8.78. The highest BCUT2D eigenvalue weighted by molar-refractivity contribution is 5.78. The Balaban J connectivity index is 1.60. The molecule has 0 heterocycles. The highest BCUT2D eigenvalue weighted by Crippen LogP contribution is 2.35. The van der Waals surface area contributed by atoms with Crippen LogP contribution < -0.4 is 0 Å². The summed E-state index contributed by atoms with van der Waals surface area (Å²) < 4.78 is 0. The second-order valence-corrected chi connectivity index (χ2v) is 6.47. The molecule has 0 saturated heterocycles. The molecule has 2 aliphatic carbocycles. The molecule has 0 aromatic heterocycles. The lowest BCUT2D eigenvalue weighted by molar-refractivity contribution is -0.121. The molecule has 0 aromatic carbocycles. The summed E-state index contributed by atoms with van der Waals surface area (Å²) in [6.45, 7) is 3.85. The van der Waals surface area contributed by atoms with E-state index in [4.69, 9.17) is 0 Å². The Labute approximate surface area is 112 Å². The third kappa shape index (κ3) is 4.26. The molecular weight excluding hydrogens is 220 g/mol. The summed E-state index contributed by atoms with van der Waals surface area (Å²) in [6, 6.07) is 0. The first kappa shape index (κ1) is 13.8. The van der Waals surface area contributed by atoms with Gasteiger partial charge in [-0.05, 0) is 49.9 Å². The molecule has 0 aromatic rings. The fourth-order valence-corrected chi connectivity index (χ4v) is 3.75. The predicted octanol–water partition coefficient (Wildman–Crippen LogP) is 4.91. The number of hydrogen-bond acceptors (Lipinski definition) is 1. The summed E-state index contributed by atoms with van der Waals surface area (Å²) >= 11 is 0. The van der Waals surface area contributed by atoms with Crippen molar-refractivity contribution in [3.05, 3.63) is 12.7 Å². The van der Waals surface area contributed by atoms with E-state index in [1.54, 1.807) is 0 Å². The van der Waals surface area contributed by atoms with Gasteiger partial charge in [-0.1, -0.05) is 31.8 Å². The fraction of sp³-hybridized carbons (Fsp3) is 0.824. The van der Waals surface area contributed by atoms with Gasteiger partial charge in [0.25, 0.3) is 0 Å². The smallest absolute Gasteiger partial charge is 0.132 e. The maximum atomic E-state index is 11.2. The van der Waals surface area contributed by atoms with Crippen LogP contribution in [0.15, 0.2) is 12.7 Å². The molecule has 2 saturated carbocycles. The zero-order valence-electron chi connectivity index (χ0n) is 11.7. The molecule has 2 fully saturated rings. The molecule has 0 atom stereocenters. The van der Waals surface area contributed by atoms with Crippen molar-refractivity contribution in [3.8, 4) is 0 Å². The monoisotopic (exact) mass is 248 g/mol. The van der Waals surface area contributed by atoms with Crippen LogP contribution >= 0.6 is 0 Å².